The monoisotopic (exact) mass is 340 g/mol. The van der Waals surface area contributed by atoms with Gasteiger partial charge in [0, 0.05) is 32.9 Å². The molecule has 0 bridgehead atoms. The number of nitrogens with zero attached hydrogens (tertiary/aromatic N) is 4. The summed E-state index contributed by atoms with van der Waals surface area (Å²) in [5.74, 6) is 1.40. The molecular weight excluding hydrogens is 316 g/mol. The van der Waals surface area contributed by atoms with Crippen molar-refractivity contribution in [3.05, 3.63) is 36.0 Å². The summed E-state index contributed by atoms with van der Waals surface area (Å²) in [6.07, 6.45) is 4.00. The third-order valence-electron chi connectivity index (χ3n) is 4.09. The van der Waals surface area contributed by atoms with Gasteiger partial charge in [0.25, 0.3) is 0 Å². The number of rotatable bonds is 4. The van der Waals surface area contributed by atoms with Crippen molar-refractivity contribution < 1.29 is 4.79 Å². The molecule has 1 aliphatic rings. The first-order valence-electron chi connectivity index (χ1n) is 8.47. The molecule has 0 unspecified atom stereocenters. The molecule has 3 rings (SSSR count). The number of nitrogens with one attached hydrogen (secondary N) is 2. The average molecular weight is 340 g/mol. The van der Waals surface area contributed by atoms with Crippen LogP contribution in [0.4, 0.5) is 27.9 Å². The van der Waals surface area contributed by atoms with Gasteiger partial charge in [0.1, 0.15) is 5.69 Å². The van der Waals surface area contributed by atoms with Crippen LogP contribution >= 0.6 is 0 Å². The molecule has 25 heavy (non-hydrogen) atoms. The predicted molar refractivity (Wildman–Crippen MR) is 102 cm³/mol. The van der Waals surface area contributed by atoms with Crippen LogP contribution in [0.15, 0.2) is 30.5 Å². The number of carbonyl (C=O) groups is 1. The van der Waals surface area contributed by atoms with Crippen molar-refractivity contribution in [2.45, 2.75) is 19.8 Å². The van der Waals surface area contributed by atoms with E-state index in [2.05, 4.69) is 25.5 Å². The Hall–Kier alpha value is -2.83. The Morgan fingerprint density at radius 3 is 2.64 bits per heavy atom. The minimum Gasteiger partial charge on any atom is -0.361 e. The highest BCUT2D eigenvalue weighted by molar-refractivity contribution is 6.01. The maximum absolute atomic E-state index is 12.3. The fraction of sp³-hybridized carbons (Fsp3) is 0.389. The van der Waals surface area contributed by atoms with Gasteiger partial charge in [-0.2, -0.15) is 4.98 Å². The number of urea groups is 1. The highest BCUT2D eigenvalue weighted by atomic mass is 16.2. The van der Waals surface area contributed by atoms with E-state index in [-0.39, 0.29) is 6.03 Å². The lowest BCUT2D eigenvalue weighted by Gasteiger charge is -2.21. The van der Waals surface area contributed by atoms with Crippen molar-refractivity contribution in [1.82, 2.24) is 9.97 Å². The van der Waals surface area contributed by atoms with Gasteiger partial charge in [-0.25, -0.2) is 9.78 Å². The maximum atomic E-state index is 12.3. The normalized spacial score (nSPS) is 13.6. The van der Waals surface area contributed by atoms with E-state index in [1.165, 1.54) is 12.8 Å². The van der Waals surface area contributed by atoms with Crippen molar-refractivity contribution >= 4 is 29.2 Å². The van der Waals surface area contributed by atoms with E-state index in [9.17, 15) is 4.79 Å². The molecule has 2 aromatic rings. The van der Waals surface area contributed by atoms with Crippen LogP contribution in [0.5, 0.6) is 0 Å². The first-order chi connectivity index (χ1) is 12.0. The van der Waals surface area contributed by atoms with E-state index in [1.807, 2.05) is 50.2 Å². The van der Waals surface area contributed by atoms with Gasteiger partial charge in [-0.3, -0.25) is 0 Å². The Morgan fingerprint density at radius 2 is 1.96 bits per heavy atom. The lowest BCUT2D eigenvalue weighted by Crippen LogP contribution is -2.25. The van der Waals surface area contributed by atoms with Crippen molar-refractivity contribution in [1.29, 1.82) is 0 Å². The number of hydrogen-bond donors (Lipinski definition) is 2. The second-order valence-electron chi connectivity index (χ2n) is 6.44. The standard InChI is InChI=1S/C18H24N6O/c1-13-7-6-8-14(11-13)20-18(25)21-15-12-19-17(22-16(15)23(2)3)24-9-4-5-10-24/h6-8,11-12H,4-5,9-10H2,1-3H3,(H2,20,21,25). The highest BCUT2D eigenvalue weighted by Crippen LogP contribution is 2.25. The Bertz CT molecular complexity index is 755. The van der Waals surface area contributed by atoms with Crippen molar-refractivity contribution in [2.75, 3.05) is 47.6 Å². The summed E-state index contributed by atoms with van der Waals surface area (Å²) in [5, 5.41) is 5.67. The molecule has 0 atom stereocenters. The molecule has 1 aromatic carbocycles. The molecular formula is C18H24N6O. The van der Waals surface area contributed by atoms with Gasteiger partial charge >= 0.3 is 6.03 Å². The summed E-state index contributed by atoms with van der Waals surface area (Å²) >= 11 is 0. The molecule has 2 N–H and O–H groups in total. The van der Waals surface area contributed by atoms with Crippen molar-refractivity contribution in [3.63, 3.8) is 0 Å². The van der Waals surface area contributed by atoms with Gasteiger partial charge in [-0.05, 0) is 37.5 Å². The number of aromatic nitrogens is 2. The number of amides is 2. The number of benzene rings is 1. The molecule has 7 nitrogen and oxygen atoms in total. The first kappa shape index (κ1) is 17.0. The summed E-state index contributed by atoms with van der Waals surface area (Å²) in [6, 6.07) is 7.35. The van der Waals surface area contributed by atoms with Crippen molar-refractivity contribution in [3.8, 4) is 0 Å². The molecule has 0 spiro atoms. The van der Waals surface area contributed by atoms with Gasteiger partial charge in [0.15, 0.2) is 5.82 Å². The smallest absolute Gasteiger partial charge is 0.323 e. The molecule has 1 aliphatic heterocycles. The van der Waals surface area contributed by atoms with Crippen LogP contribution in [0.3, 0.4) is 0 Å². The first-order valence-corrected chi connectivity index (χ1v) is 8.47. The van der Waals surface area contributed by atoms with Gasteiger partial charge < -0.3 is 20.4 Å². The Morgan fingerprint density at radius 1 is 1.20 bits per heavy atom. The van der Waals surface area contributed by atoms with Crippen LogP contribution in [0.2, 0.25) is 0 Å². The van der Waals surface area contributed by atoms with Crippen molar-refractivity contribution in [2.24, 2.45) is 0 Å². The van der Waals surface area contributed by atoms with Crippen LogP contribution in [0.1, 0.15) is 18.4 Å². The fourth-order valence-electron chi connectivity index (χ4n) is 2.87. The van der Waals surface area contributed by atoms with Crippen LogP contribution in [-0.2, 0) is 0 Å². The molecule has 0 radical (unpaired) electrons. The zero-order valence-corrected chi connectivity index (χ0v) is 14.9. The number of hydrogen-bond acceptors (Lipinski definition) is 5. The number of anilines is 4. The highest BCUT2D eigenvalue weighted by Gasteiger charge is 2.18. The maximum Gasteiger partial charge on any atom is 0.323 e. The van der Waals surface area contributed by atoms with Gasteiger partial charge in [0.2, 0.25) is 5.95 Å². The second kappa shape index (κ2) is 7.38. The van der Waals surface area contributed by atoms with Crippen LogP contribution in [0, 0.1) is 6.92 Å². The fourth-order valence-corrected chi connectivity index (χ4v) is 2.87. The van der Waals surface area contributed by atoms with Crippen LogP contribution < -0.4 is 20.4 Å². The lowest BCUT2D eigenvalue weighted by molar-refractivity contribution is 0.262. The number of aryl methyl sites for hydroxylation is 1. The predicted octanol–water partition coefficient (Wildman–Crippen LogP) is 3.10. The SMILES string of the molecule is Cc1cccc(NC(=O)Nc2cnc(N3CCCC3)nc2N(C)C)c1. The molecule has 0 saturated carbocycles. The largest absolute Gasteiger partial charge is 0.361 e. The summed E-state index contributed by atoms with van der Waals surface area (Å²) < 4.78 is 0. The van der Waals surface area contributed by atoms with Crippen LogP contribution in [0.25, 0.3) is 0 Å². The molecule has 2 heterocycles. The summed E-state index contributed by atoms with van der Waals surface area (Å²) in [5.41, 5.74) is 2.42. The molecule has 7 heteroatoms. The van der Waals surface area contributed by atoms with Gasteiger partial charge in [0.05, 0.1) is 6.20 Å². The molecule has 1 saturated heterocycles. The summed E-state index contributed by atoms with van der Waals surface area (Å²) in [4.78, 5) is 25.4. The molecule has 132 valence electrons. The third kappa shape index (κ3) is 4.17. The Balaban J connectivity index is 1.75. The zero-order valence-electron chi connectivity index (χ0n) is 14.9. The zero-order chi connectivity index (χ0) is 17.8. The minimum atomic E-state index is -0.314. The Kier molecular flexibility index (Phi) is 5.02. The summed E-state index contributed by atoms with van der Waals surface area (Å²) in [6.45, 7) is 3.94. The van der Waals surface area contributed by atoms with Gasteiger partial charge in [-0.1, -0.05) is 12.1 Å². The number of carbonyl (C=O) groups excluding carboxylic acids is 1. The third-order valence-corrected chi connectivity index (χ3v) is 4.09. The molecule has 0 aliphatic carbocycles. The molecule has 1 fully saturated rings. The van der Waals surface area contributed by atoms with E-state index >= 15 is 0 Å². The van der Waals surface area contributed by atoms with E-state index in [0.29, 0.717) is 17.5 Å². The van der Waals surface area contributed by atoms with Crippen LogP contribution in [-0.4, -0.2) is 43.2 Å². The topological polar surface area (TPSA) is 73.4 Å². The molecule has 1 aromatic heterocycles. The van der Waals surface area contributed by atoms with Gasteiger partial charge in [-0.15, -0.1) is 0 Å². The Labute approximate surface area is 148 Å². The minimum absolute atomic E-state index is 0.314. The van der Waals surface area contributed by atoms with E-state index in [1.54, 1.807) is 6.20 Å². The summed E-state index contributed by atoms with van der Waals surface area (Å²) in [7, 11) is 3.81. The average Bonchev–Trinajstić information content (AvgIpc) is 3.09. The lowest BCUT2D eigenvalue weighted by atomic mass is 10.2. The molecule has 2 amide bonds. The van der Waals surface area contributed by atoms with E-state index in [0.717, 1.165) is 24.3 Å². The van der Waals surface area contributed by atoms with E-state index in [4.69, 9.17) is 0 Å². The van der Waals surface area contributed by atoms with E-state index < -0.39 is 0 Å². The quantitative estimate of drug-likeness (QED) is 0.895. The second-order valence-corrected chi connectivity index (χ2v) is 6.44.